The quantitative estimate of drug-likeness (QED) is 0.275. The van der Waals surface area contributed by atoms with Crippen LogP contribution in [0.5, 0.6) is 11.5 Å². The number of aliphatic carboxylic acids is 1. The zero-order chi connectivity index (χ0) is 23.9. The highest BCUT2D eigenvalue weighted by Gasteiger charge is 2.59. The fourth-order valence-electron chi connectivity index (χ4n) is 4.40. The number of aromatic hydroxyl groups is 2. The second-order valence-electron chi connectivity index (χ2n) is 8.25. The van der Waals surface area contributed by atoms with Gasteiger partial charge in [-0.25, -0.2) is 4.79 Å². The summed E-state index contributed by atoms with van der Waals surface area (Å²) in [6.45, 7) is 4.22. The molecule has 11 heteroatoms. The van der Waals surface area contributed by atoms with Crippen LogP contribution in [0.3, 0.4) is 0 Å². The molecule has 0 radical (unpaired) electrons. The maximum atomic E-state index is 12.4. The van der Waals surface area contributed by atoms with Crippen molar-refractivity contribution in [1.29, 1.82) is 0 Å². The Bertz CT molecular complexity index is 994. The Balaban J connectivity index is 1.63. The Labute approximate surface area is 189 Å². The number of hydrogen-bond donors (Lipinski definition) is 5. The summed E-state index contributed by atoms with van der Waals surface area (Å²) in [7, 11) is 1.76. The average Bonchev–Trinajstić information content (AvgIpc) is 2.93. The summed E-state index contributed by atoms with van der Waals surface area (Å²) in [5.74, 6) is -3.84. The number of nitrogens with one attached hydrogen (secondary N) is 1. The predicted molar refractivity (Wildman–Crippen MR) is 114 cm³/mol. The van der Waals surface area contributed by atoms with Gasteiger partial charge in [0.2, 0.25) is 5.91 Å². The third-order valence-corrected chi connectivity index (χ3v) is 6.36. The number of carboxylic acids is 1. The lowest BCUT2D eigenvalue weighted by Gasteiger charge is -2.46. The average molecular weight is 468 g/mol. The van der Waals surface area contributed by atoms with Gasteiger partial charge < -0.3 is 35.5 Å². The van der Waals surface area contributed by atoms with Crippen LogP contribution < -0.4 is 5.32 Å². The van der Waals surface area contributed by atoms with Crippen molar-refractivity contribution in [2.24, 2.45) is 11.8 Å². The largest absolute Gasteiger partial charge is 0.504 e. The van der Waals surface area contributed by atoms with E-state index in [-0.39, 0.29) is 47.2 Å². The Morgan fingerprint density at radius 2 is 1.91 bits per heavy atom. The zero-order valence-electron chi connectivity index (χ0n) is 17.9. The Morgan fingerprint density at radius 1 is 1.28 bits per heavy atom. The molecular weight excluding hydrogens is 442 g/mol. The van der Waals surface area contributed by atoms with E-state index < -0.39 is 35.4 Å². The lowest BCUT2D eigenvalue weighted by atomic mass is 9.77. The van der Waals surface area contributed by atoms with Crippen LogP contribution in [-0.2, 0) is 9.59 Å². The summed E-state index contributed by atoms with van der Waals surface area (Å²) in [5.41, 5.74) is 0.572. The molecule has 1 fully saturated rings. The number of phenols is 2. The first-order valence-electron chi connectivity index (χ1n) is 10.1. The van der Waals surface area contributed by atoms with Gasteiger partial charge in [-0.05, 0) is 25.6 Å². The number of fused-ring (bicyclic) bond motifs is 1. The molecule has 1 aromatic carbocycles. The SMILES string of the molecule is C[C@@H](O)[C@H]1C(=O)N2C(C(=O)O)=C(CN(C)CCNC(=O)c3cc(O)c(O)cc3Cl)[C@H](C)[C@H]12. The van der Waals surface area contributed by atoms with E-state index in [1.165, 1.54) is 11.8 Å². The Morgan fingerprint density at radius 3 is 2.50 bits per heavy atom. The smallest absolute Gasteiger partial charge is 0.352 e. The van der Waals surface area contributed by atoms with Crippen LogP contribution in [0.1, 0.15) is 24.2 Å². The number of halogens is 1. The monoisotopic (exact) mass is 467 g/mol. The molecular formula is C21H26ClN3O7. The zero-order valence-corrected chi connectivity index (χ0v) is 18.6. The first kappa shape index (κ1) is 23.8. The molecule has 0 aromatic heterocycles. The summed E-state index contributed by atoms with van der Waals surface area (Å²) < 4.78 is 0. The number of aliphatic hydroxyl groups is 1. The van der Waals surface area contributed by atoms with Crippen molar-refractivity contribution in [3.8, 4) is 11.5 Å². The topological polar surface area (TPSA) is 151 Å². The highest BCUT2D eigenvalue weighted by molar-refractivity contribution is 6.34. The van der Waals surface area contributed by atoms with Crippen molar-refractivity contribution in [3.05, 3.63) is 34.0 Å². The molecule has 2 aliphatic heterocycles. The van der Waals surface area contributed by atoms with Crippen LogP contribution in [0.25, 0.3) is 0 Å². The van der Waals surface area contributed by atoms with Crippen LogP contribution in [0.2, 0.25) is 5.02 Å². The molecule has 1 saturated heterocycles. The van der Waals surface area contributed by atoms with Crippen LogP contribution in [0, 0.1) is 11.8 Å². The predicted octanol–water partition coefficient (Wildman–Crippen LogP) is 0.609. The molecule has 174 valence electrons. The highest BCUT2D eigenvalue weighted by atomic mass is 35.5. The van der Waals surface area contributed by atoms with E-state index in [2.05, 4.69) is 5.32 Å². The van der Waals surface area contributed by atoms with Gasteiger partial charge in [-0.2, -0.15) is 0 Å². The summed E-state index contributed by atoms with van der Waals surface area (Å²) in [4.78, 5) is 39.7. The van der Waals surface area contributed by atoms with Gasteiger partial charge in [0.05, 0.1) is 28.6 Å². The molecule has 0 unspecified atom stereocenters. The van der Waals surface area contributed by atoms with Gasteiger partial charge in [0, 0.05) is 31.6 Å². The molecule has 0 bridgehead atoms. The second kappa shape index (κ2) is 8.97. The van der Waals surface area contributed by atoms with E-state index in [0.29, 0.717) is 12.1 Å². The van der Waals surface area contributed by atoms with E-state index in [4.69, 9.17) is 11.6 Å². The van der Waals surface area contributed by atoms with Gasteiger partial charge in [0.25, 0.3) is 5.91 Å². The fourth-order valence-corrected chi connectivity index (χ4v) is 4.65. The minimum absolute atomic E-state index is 0.0101. The van der Waals surface area contributed by atoms with Crippen molar-refractivity contribution in [2.45, 2.75) is 26.0 Å². The second-order valence-corrected chi connectivity index (χ2v) is 8.65. The highest BCUT2D eigenvalue weighted by Crippen LogP contribution is 2.47. The molecule has 2 heterocycles. The van der Waals surface area contributed by atoms with Crippen LogP contribution in [-0.4, -0.2) is 86.8 Å². The molecule has 2 aliphatic rings. The third-order valence-electron chi connectivity index (χ3n) is 6.05. The molecule has 0 aliphatic carbocycles. The van der Waals surface area contributed by atoms with Gasteiger partial charge in [-0.3, -0.25) is 9.59 Å². The molecule has 1 aromatic rings. The van der Waals surface area contributed by atoms with E-state index >= 15 is 0 Å². The summed E-state index contributed by atoms with van der Waals surface area (Å²) >= 11 is 5.94. The maximum absolute atomic E-state index is 12.4. The number of benzene rings is 1. The number of nitrogens with zero attached hydrogens (tertiary/aromatic N) is 2. The van der Waals surface area contributed by atoms with Gasteiger partial charge in [-0.15, -0.1) is 0 Å². The number of carbonyl (C=O) groups is 3. The summed E-state index contributed by atoms with van der Waals surface area (Å²) in [6, 6.07) is 1.77. The molecule has 2 amide bonds. The van der Waals surface area contributed by atoms with Crippen LogP contribution >= 0.6 is 11.6 Å². The first-order valence-corrected chi connectivity index (χ1v) is 10.5. The Hall–Kier alpha value is -2.82. The number of amides is 2. The standard InChI is InChI=1S/C21H26ClN3O7/c1-9-12(18(21(31)32)25-17(9)16(10(2)26)20(25)30)8-24(3)5-4-23-19(29)11-6-14(27)15(28)7-13(11)22/h6-7,9-10,16-17,26-28H,4-5,8H2,1-3H3,(H,23,29)(H,31,32)/t9-,10+,16+,17+/m0/s1. The van der Waals surface area contributed by atoms with E-state index in [9.17, 15) is 34.8 Å². The normalized spacial score (nSPS) is 23.2. The third kappa shape index (κ3) is 4.13. The maximum Gasteiger partial charge on any atom is 0.352 e. The minimum atomic E-state index is -1.18. The van der Waals surface area contributed by atoms with E-state index in [1.54, 1.807) is 7.05 Å². The number of aliphatic hydroxyl groups excluding tert-OH is 1. The number of likely N-dealkylation sites (N-methyl/N-ethyl adjacent to an activating group) is 1. The number of carbonyl (C=O) groups excluding carboxylic acids is 2. The van der Waals surface area contributed by atoms with Crippen molar-refractivity contribution >= 4 is 29.4 Å². The van der Waals surface area contributed by atoms with E-state index in [1.807, 2.05) is 11.8 Å². The number of carboxylic acid groups (broad SMARTS) is 1. The molecule has 0 saturated carbocycles. The summed E-state index contributed by atoms with van der Waals surface area (Å²) in [5, 5.41) is 41.2. The lowest BCUT2D eigenvalue weighted by Crippen LogP contribution is -2.63. The fraction of sp³-hybridized carbons (Fsp3) is 0.476. The lowest BCUT2D eigenvalue weighted by molar-refractivity contribution is -0.163. The molecule has 5 N–H and O–H groups in total. The van der Waals surface area contributed by atoms with Gasteiger partial charge in [0.1, 0.15) is 5.70 Å². The van der Waals surface area contributed by atoms with Gasteiger partial charge in [-0.1, -0.05) is 18.5 Å². The molecule has 10 nitrogen and oxygen atoms in total. The van der Waals surface area contributed by atoms with Gasteiger partial charge in [0.15, 0.2) is 11.5 Å². The van der Waals surface area contributed by atoms with Crippen molar-refractivity contribution in [1.82, 2.24) is 15.1 Å². The number of β-lactam (4-membered cyclic amide) rings is 1. The Kier molecular flexibility index (Phi) is 6.68. The van der Waals surface area contributed by atoms with Crippen molar-refractivity contribution in [2.75, 3.05) is 26.7 Å². The molecule has 0 spiro atoms. The number of phenolic OH excluding ortho intramolecular Hbond substituents is 2. The summed E-state index contributed by atoms with van der Waals surface area (Å²) in [6.07, 6.45) is -0.861. The number of rotatable bonds is 8. The number of hydrogen-bond acceptors (Lipinski definition) is 7. The first-order chi connectivity index (χ1) is 15.0. The van der Waals surface area contributed by atoms with E-state index in [0.717, 1.165) is 12.1 Å². The van der Waals surface area contributed by atoms with Crippen molar-refractivity contribution < 1.29 is 34.8 Å². The molecule has 32 heavy (non-hydrogen) atoms. The molecule has 4 atom stereocenters. The van der Waals surface area contributed by atoms with Crippen molar-refractivity contribution in [3.63, 3.8) is 0 Å². The van der Waals surface area contributed by atoms with Gasteiger partial charge >= 0.3 is 5.97 Å². The molecule has 3 rings (SSSR count). The van der Waals surface area contributed by atoms with Crippen LogP contribution in [0.4, 0.5) is 0 Å². The minimum Gasteiger partial charge on any atom is -0.504 e. The van der Waals surface area contributed by atoms with Crippen LogP contribution in [0.15, 0.2) is 23.4 Å².